The van der Waals surface area contributed by atoms with Crippen LogP contribution in [0, 0.1) is 0 Å². The fraction of sp³-hybridized carbons (Fsp3) is 0.692. The van der Waals surface area contributed by atoms with E-state index in [1.165, 1.54) is 0 Å². The molecule has 6 heteroatoms. The van der Waals surface area contributed by atoms with E-state index in [9.17, 15) is 8.42 Å². The molecule has 19 heavy (non-hydrogen) atoms. The molecule has 0 radical (unpaired) electrons. The fourth-order valence-corrected chi connectivity index (χ4v) is 4.33. The average molecular weight is 286 g/mol. The molecule has 0 atom stereocenters. The van der Waals surface area contributed by atoms with Gasteiger partial charge < -0.3 is 9.73 Å². The maximum atomic E-state index is 12.6. The van der Waals surface area contributed by atoms with E-state index in [0.717, 1.165) is 25.7 Å². The number of sulfonamides is 1. The number of hydrogen-bond donors (Lipinski definition) is 1. The van der Waals surface area contributed by atoms with E-state index in [2.05, 4.69) is 5.32 Å². The Balaban J connectivity index is 2.23. The van der Waals surface area contributed by atoms with Crippen molar-refractivity contribution in [3.8, 4) is 0 Å². The van der Waals surface area contributed by atoms with Gasteiger partial charge in [-0.2, -0.15) is 4.31 Å². The average Bonchev–Trinajstić information content (AvgIpc) is 3.01. The summed E-state index contributed by atoms with van der Waals surface area (Å²) in [6, 6.07) is 3.40. The molecule has 2 rings (SSSR count). The Hall–Kier alpha value is -0.850. The van der Waals surface area contributed by atoms with Gasteiger partial charge in [-0.1, -0.05) is 19.8 Å². The zero-order valence-corrected chi connectivity index (χ0v) is 12.4. The lowest BCUT2D eigenvalue weighted by molar-refractivity contribution is 0.317. The third kappa shape index (κ3) is 3.01. The van der Waals surface area contributed by atoms with Crippen molar-refractivity contribution >= 4 is 10.0 Å². The van der Waals surface area contributed by atoms with Crippen molar-refractivity contribution in [1.29, 1.82) is 0 Å². The lowest BCUT2D eigenvalue weighted by Gasteiger charge is -2.25. The Morgan fingerprint density at radius 2 is 2.05 bits per heavy atom. The van der Waals surface area contributed by atoms with Crippen molar-refractivity contribution in [3.05, 3.63) is 17.9 Å². The molecule has 5 nitrogen and oxygen atoms in total. The second kappa shape index (κ2) is 6.07. The summed E-state index contributed by atoms with van der Waals surface area (Å²) >= 11 is 0. The summed E-state index contributed by atoms with van der Waals surface area (Å²) < 4.78 is 32.2. The number of nitrogens with zero attached hydrogens (tertiary/aromatic N) is 1. The van der Waals surface area contributed by atoms with Gasteiger partial charge in [0, 0.05) is 12.6 Å². The minimum Gasteiger partial charge on any atom is -0.447 e. The molecule has 1 aliphatic carbocycles. The first-order valence-corrected chi connectivity index (χ1v) is 8.28. The SMILES string of the molecule is CCN(C1CCCC1)S(=O)(=O)c1ccc(CNC)o1. The molecule has 1 N–H and O–H groups in total. The van der Waals surface area contributed by atoms with Crippen molar-refractivity contribution in [3.63, 3.8) is 0 Å². The maximum Gasteiger partial charge on any atom is 0.276 e. The van der Waals surface area contributed by atoms with E-state index < -0.39 is 10.0 Å². The molecule has 0 saturated heterocycles. The van der Waals surface area contributed by atoms with E-state index in [0.29, 0.717) is 18.8 Å². The number of rotatable bonds is 6. The van der Waals surface area contributed by atoms with E-state index in [1.807, 2.05) is 6.92 Å². The van der Waals surface area contributed by atoms with E-state index in [1.54, 1.807) is 23.5 Å². The van der Waals surface area contributed by atoms with Gasteiger partial charge in [0.15, 0.2) is 0 Å². The van der Waals surface area contributed by atoms with Crippen molar-refractivity contribution in [2.45, 2.75) is 50.3 Å². The fourth-order valence-electron chi connectivity index (χ4n) is 2.70. The third-order valence-electron chi connectivity index (χ3n) is 3.59. The topological polar surface area (TPSA) is 62.6 Å². The van der Waals surface area contributed by atoms with E-state index in [-0.39, 0.29) is 11.1 Å². The predicted octanol–water partition coefficient (Wildman–Crippen LogP) is 1.95. The Labute approximate surface area is 115 Å². The maximum absolute atomic E-state index is 12.6. The molecule has 1 aromatic rings. The van der Waals surface area contributed by atoms with Gasteiger partial charge in [-0.3, -0.25) is 0 Å². The van der Waals surface area contributed by atoms with E-state index in [4.69, 9.17) is 4.42 Å². The number of furan rings is 1. The molecule has 1 heterocycles. The Kier molecular flexibility index (Phi) is 4.65. The van der Waals surface area contributed by atoms with Gasteiger partial charge in [0.05, 0.1) is 6.54 Å². The standard InChI is InChI=1S/C13H22N2O3S/c1-3-15(11-6-4-5-7-11)19(16,17)13-9-8-12(18-13)10-14-2/h8-9,11,14H,3-7,10H2,1-2H3. The van der Waals surface area contributed by atoms with Crippen molar-refractivity contribution < 1.29 is 12.8 Å². The first-order valence-electron chi connectivity index (χ1n) is 6.84. The van der Waals surface area contributed by atoms with Crippen LogP contribution >= 0.6 is 0 Å². The summed E-state index contributed by atoms with van der Waals surface area (Å²) in [5, 5.41) is 3.01. The van der Waals surface area contributed by atoms with Gasteiger partial charge in [0.2, 0.25) is 5.09 Å². The lowest BCUT2D eigenvalue weighted by atomic mass is 10.2. The van der Waals surface area contributed by atoms with Crippen molar-refractivity contribution in [2.24, 2.45) is 0 Å². The zero-order valence-electron chi connectivity index (χ0n) is 11.6. The third-order valence-corrected chi connectivity index (χ3v) is 5.50. The molecular weight excluding hydrogens is 264 g/mol. The summed E-state index contributed by atoms with van der Waals surface area (Å²) in [5.41, 5.74) is 0. The molecule has 1 aliphatic rings. The molecule has 1 saturated carbocycles. The van der Waals surface area contributed by atoms with Gasteiger partial charge in [-0.25, -0.2) is 8.42 Å². The molecule has 0 aromatic carbocycles. The second-order valence-electron chi connectivity index (χ2n) is 4.90. The first kappa shape index (κ1) is 14.6. The quantitative estimate of drug-likeness (QED) is 0.868. The summed E-state index contributed by atoms with van der Waals surface area (Å²) in [7, 11) is -1.69. The van der Waals surface area contributed by atoms with Crippen LogP contribution in [0.5, 0.6) is 0 Å². The highest BCUT2D eigenvalue weighted by Gasteiger charge is 2.33. The Morgan fingerprint density at radius 3 is 2.63 bits per heavy atom. The molecule has 1 aromatic heterocycles. The van der Waals surface area contributed by atoms with Crippen molar-refractivity contribution in [2.75, 3.05) is 13.6 Å². The molecular formula is C13H22N2O3S. The summed E-state index contributed by atoms with van der Waals surface area (Å²) in [6.07, 6.45) is 4.13. The predicted molar refractivity (Wildman–Crippen MR) is 73.3 cm³/mol. The van der Waals surface area contributed by atoms with Crippen LogP contribution in [0.1, 0.15) is 38.4 Å². The lowest BCUT2D eigenvalue weighted by Crippen LogP contribution is -2.38. The highest BCUT2D eigenvalue weighted by Crippen LogP contribution is 2.29. The normalized spacial score (nSPS) is 17.4. The second-order valence-corrected chi connectivity index (χ2v) is 6.72. The van der Waals surface area contributed by atoms with Crippen LogP contribution in [0.15, 0.2) is 21.6 Å². The molecule has 0 bridgehead atoms. The van der Waals surface area contributed by atoms with Gasteiger partial charge >= 0.3 is 0 Å². The van der Waals surface area contributed by atoms with Crippen LogP contribution in [0.2, 0.25) is 0 Å². The number of hydrogen-bond acceptors (Lipinski definition) is 4. The Bertz CT molecular complexity index is 504. The molecule has 108 valence electrons. The van der Waals surface area contributed by atoms with Gasteiger partial charge in [-0.15, -0.1) is 0 Å². The first-order chi connectivity index (χ1) is 9.09. The molecule has 0 amide bonds. The van der Waals surface area contributed by atoms with Crippen LogP contribution in [-0.2, 0) is 16.6 Å². The number of nitrogens with one attached hydrogen (secondary N) is 1. The van der Waals surface area contributed by atoms with Crippen LogP contribution in [0.25, 0.3) is 0 Å². The highest BCUT2D eigenvalue weighted by atomic mass is 32.2. The minimum absolute atomic E-state index is 0.0616. The van der Waals surface area contributed by atoms with Crippen LogP contribution in [-0.4, -0.2) is 32.4 Å². The molecule has 1 fully saturated rings. The summed E-state index contributed by atoms with van der Waals surface area (Å²) in [6.45, 7) is 2.91. The monoisotopic (exact) mass is 286 g/mol. The Morgan fingerprint density at radius 1 is 1.37 bits per heavy atom. The van der Waals surface area contributed by atoms with E-state index >= 15 is 0 Å². The van der Waals surface area contributed by atoms with Crippen LogP contribution in [0.3, 0.4) is 0 Å². The smallest absolute Gasteiger partial charge is 0.276 e. The van der Waals surface area contributed by atoms with Gasteiger partial charge in [0.1, 0.15) is 5.76 Å². The van der Waals surface area contributed by atoms with Crippen LogP contribution < -0.4 is 5.32 Å². The van der Waals surface area contributed by atoms with Crippen molar-refractivity contribution in [1.82, 2.24) is 9.62 Å². The van der Waals surface area contributed by atoms with Gasteiger partial charge in [0.25, 0.3) is 10.0 Å². The van der Waals surface area contributed by atoms with Crippen LogP contribution in [0.4, 0.5) is 0 Å². The molecule has 0 aliphatic heterocycles. The molecule has 0 unspecified atom stereocenters. The van der Waals surface area contributed by atoms with Gasteiger partial charge in [-0.05, 0) is 32.0 Å². The highest BCUT2D eigenvalue weighted by molar-refractivity contribution is 7.89. The summed E-state index contributed by atoms with van der Waals surface area (Å²) in [4.78, 5) is 0. The largest absolute Gasteiger partial charge is 0.447 e. The molecule has 0 spiro atoms. The minimum atomic E-state index is -3.49. The zero-order chi connectivity index (χ0) is 13.9. The summed E-state index contributed by atoms with van der Waals surface area (Å²) in [5.74, 6) is 0.642.